The Bertz CT molecular complexity index is 734. The summed E-state index contributed by atoms with van der Waals surface area (Å²) in [7, 11) is 0. The monoisotopic (exact) mass is 365 g/mol. The third-order valence-corrected chi connectivity index (χ3v) is 4.52. The largest absolute Gasteiger partial charge is 0.378 e. The smallest absolute Gasteiger partial charge is 0.323 e. The number of anilines is 3. The van der Waals surface area contributed by atoms with E-state index in [4.69, 9.17) is 27.9 Å². The highest BCUT2D eigenvalue weighted by molar-refractivity contribution is 6.44. The molecule has 0 aliphatic carbocycles. The first kappa shape index (κ1) is 16.9. The molecule has 2 aromatic rings. The minimum atomic E-state index is -0.375. The Morgan fingerprint density at radius 1 is 0.958 bits per heavy atom. The van der Waals surface area contributed by atoms with Gasteiger partial charge in [-0.1, -0.05) is 41.4 Å². The third-order valence-electron chi connectivity index (χ3n) is 3.70. The van der Waals surface area contributed by atoms with Gasteiger partial charge in [-0.15, -0.1) is 0 Å². The van der Waals surface area contributed by atoms with Crippen molar-refractivity contribution in [2.75, 3.05) is 41.8 Å². The molecule has 0 spiro atoms. The average Bonchev–Trinajstić information content (AvgIpc) is 2.60. The summed E-state index contributed by atoms with van der Waals surface area (Å²) in [6.07, 6.45) is 0. The van der Waals surface area contributed by atoms with E-state index >= 15 is 0 Å². The molecule has 1 heterocycles. The van der Waals surface area contributed by atoms with Crippen molar-refractivity contribution in [3.05, 3.63) is 52.5 Å². The highest BCUT2D eigenvalue weighted by Crippen LogP contribution is 2.30. The van der Waals surface area contributed by atoms with Gasteiger partial charge in [-0.3, -0.25) is 0 Å². The van der Waals surface area contributed by atoms with Crippen LogP contribution in [0.5, 0.6) is 0 Å². The molecule has 0 unspecified atom stereocenters. The average molecular weight is 366 g/mol. The molecule has 24 heavy (non-hydrogen) atoms. The second-order valence-corrected chi connectivity index (χ2v) is 6.08. The lowest BCUT2D eigenvalue weighted by atomic mass is 10.2. The van der Waals surface area contributed by atoms with Gasteiger partial charge in [0.2, 0.25) is 0 Å². The van der Waals surface area contributed by atoms with Crippen molar-refractivity contribution < 1.29 is 9.53 Å². The summed E-state index contributed by atoms with van der Waals surface area (Å²) in [5.74, 6) is 0. The first-order valence-corrected chi connectivity index (χ1v) is 8.34. The lowest BCUT2D eigenvalue weighted by Crippen LogP contribution is -2.37. The van der Waals surface area contributed by atoms with E-state index in [1.807, 2.05) is 24.3 Å². The molecular weight excluding hydrogens is 349 g/mol. The number of rotatable bonds is 3. The fourth-order valence-corrected chi connectivity index (χ4v) is 2.88. The summed E-state index contributed by atoms with van der Waals surface area (Å²) in [5.41, 5.74) is 2.16. The topological polar surface area (TPSA) is 53.6 Å². The van der Waals surface area contributed by atoms with Crippen molar-refractivity contribution in [3.8, 4) is 0 Å². The number of carbonyl (C=O) groups excluding carboxylic acids is 1. The van der Waals surface area contributed by atoms with Gasteiger partial charge < -0.3 is 20.3 Å². The Morgan fingerprint density at radius 2 is 1.62 bits per heavy atom. The molecule has 3 rings (SSSR count). The number of hydrogen-bond donors (Lipinski definition) is 2. The van der Waals surface area contributed by atoms with Gasteiger partial charge in [-0.25, -0.2) is 4.79 Å². The quantitative estimate of drug-likeness (QED) is 0.843. The molecule has 1 aliphatic heterocycles. The van der Waals surface area contributed by atoms with E-state index < -0.39 is 0 Å². The number of nitrogens with zero attached hydrogens (tertiary/aromatic N) is 1. The van der Waals surface area contributed by atoms with Crippen LogP contribution in [0.3, 0.4) is 0 Å². The number of nitrogens with one attached hydrogen (secondary N) is 2. The zero-order chi connectivity index (χ0) is 16.9. The summed E-state index contributed by atoms with van der Waals surface area (Å²) in [6.45, 7) is 2.94. The predicted molar refractivity (Wildman–Crippen MR) is 98.6 cm³/mol. The summed E-state index contributed by atoms with van der Waals surface area (Å²) >= 11 is 12.1. The van der Waals surface area contributed by atoms with Crippen molar-refractivity contribution in [1.82, 2.24) is 0 Å². The highest BCUT2D eigenvalue weighted by atomic mass is 35.5. The van der Waals surface area contributed by atoms with Crippen molar-refractivity contribution in [3.63, 3.8) is 0 Å². The third kappa shape index (κ3) is 3.93. The summed E-state index contributed by atoms with van der Waals surface area (Å²) < 4.78 is 5.38. The van der Waals surface area contributed by atoms with Gasteiger partial charge in [0.25, 0.3) is 0 Å². The fraction of sp³-hybridized carbons (Fsp3) is 0.235. The molecule has 126 valence electrons. The molecule has 5 nitrogen and oxygen atoms in total. The lowest BCUT2D eigenvalue weighted by molar-refractivity contribution is 0.123. The SMILES string of the molecule is O=C(Nc1ccccc1N1CCOCC1)Nc1cccc(Cl)c1Cl. The summed E-state index contributed by atoms with van der Waals surface area (Å²) in [4.78, 5) is 14.5. The van der Waals surface area contributed by atoms with Crippen LogP contribution in [0, 0.1) is 0 Å². The normalized spacial score (nSPS) is 14.3. The standard InChI is InChI=1S/C17H17Cl2N3O2/c18-12-4-3-6-14(16(12)19)21-17(23)20-13-5-1-2-7-15(13)22-8-10-24-11-9-22/h1-7H,8-11H2,(H2,20,21,23). The number of carbonyl (C=O) groups is 1. The second kappa shape index (κ2) is 7.75. The lowest BCUT2D eigenvalue weighted by Gasteiger charge is -2.30. The van der Waals surface area contributed by atoms with E-state index in [0.29, 0.717) is 28.9 Å². The maximum atomic E-state index is 12.3. The molecule has 0 atom stereocenters. The Labute approximate surface area is 150 Å². The van der Waals surface area contributed by atoms with Gasteiger partial charge in [0, 0.05) is 13.1 Å². The molecule has 1 saturated heterocycles. The Hall–Kier alpha value is -1.95. The van der Waals surface area contributed by atoms with Crippen LogP contribution in [0.1, 0.15) is 0 Å². The molecule has 2 N–H and O–H groups in total. The zero-order valence-electron chi connectivity index (χ0n) is 12.9. The number of para-hydroxylation sites is 2. The number of ether oxygens (including phenoxy) is 1. The molecule has 0 saturated carbocycles. The minimum absolute atomic E-state index is 0.316. The van der Waals surface area contributed by atoms with Crippen molar-refractivity contribution in [1.29, 1.82) is 0 Å². The maximum absolute atomic E-state index is 12.3. The van der Waals surface area contributed by atoms with E-state index in [2.05, 4.69) is 15.5 Å². The van der Waals surface area contributed by atoms with E-state index in [9.17, 15) is 4.79 Å². The number of halogens is 2. The zero-order valence-corrected chi connectivity index (χ0v) is 14.4. The molecule has 0 bridgehead atoms. The van der Waals surface area contributed by atoms with Crippen LogP contribution in [-0.4, -0.2) is 32.3 Å². The number of morpholine rings is 1. The van der Waals surface area contributed by atoms with Crippen LogP contribution in [0.2, 0.25) is 10.0 Å². The van der Waals surface area contributed by atoms with Gasteiger partial charge in [0.15, 0.2) is 0 Å². The number of hydrogen-bond acceptors (Lipinski definition) is 3. The number of urea groups is 1. The van der Waals surface area contributed by atoms with Gasteiger partial charge >= 0.3 is 6.03 Å². The minimum Gasteiger partial charge on any atom is -0.378 e. The van der Waals surface area contributed by atoms with E-state index in [0.717, 1.165) is 24.5 Å². The van der Waals surface area contributed by atoms with Crippen molar-refractivity contribution in [2.24, 2.45) is 0 Å². The highest BCUT2D eigenvalue weighted by Gasteiger charge is 2.16. The fourth-order valence-electron chi connectivity index (χ4n) is 2.54. The second-order valence-electron chi connectivity index (χ2n) is 5.30. The van der Waals surface area contributed by atoms with Crippen molar-refractivity contribution in [2.45, 2.75) is 0 Å². The Kier molecular flexibility index (Phi) is 5.45. The predicted octanol–water partition coefficient (Wildman–Crippen LogP) is 4.47. The van der Waals surface area contributed by atoms with Gasteiger partial charge in [0.05, 0.1) is 40.3 Å². The number of amides is 2. The molecular formula is C17H17Cl2N3O2. The number of benzene rings is 2. The van der Waals surface area contributed by atoms with E-state index in [1.165, 1.54) is 0 Å². The van der Waals surface area contributed by atoms with Crippen LogP contribution in [-0.2, 0) is 4.74 Å². The van der Waals surface area contributed by atoms with Gasteiger partial charge in [-0.05, 0) is 24.3 Å². The molecule has 1 aliphatic rings. The molecule has 0 radical (unpaired) electrons. The van der Waals surface area contributed by atoms with Crippen molar-refractivity contribution >= 4 is 46.3 Å². The first-order chi connectivity index (χ1) is 11.6. The van der Waals surface area contributed by atoms with E-state index in [1.54, 1.807) is 18.2 Å². The van der Waals surface area contributed by atoms with E-state index in [-0.39, 0.29) is 6.03 Å². The van der Waals surface area contributed by atoms with Crippen LogP contribution in [0.4, 0.5) is 21.9 Å². The molecule has 7 heteroatoms. The molecule has 1 fully saturated rings. The van der Waals surface area contributed by atoms with Crippen LogP contribution in [0.25, 0.3) is 0 Å². The Balaban J connectivity index is 1.73. The van der Waals surface area contributed by atoms with Crippen LogP contribution < -0.4 is 15.5 Å². The molecule has 2 aromatic carbocycles. The first-order valence-electron chi connectivity index (χ1n) is 7.59. The Morgan fingerprint density at radius 3 is 2.42 bits per heavy atom. The van der Waals surface area contributed by atoms with Crippen LogP contribution >= 0.6 is 23.2 Å². The summed E-state index contributed by atoms with van der Waals surface area (Å²) in [6, 6.07) is 12.4. The summed E-state index contributed by atoms with van der Waals surface area (Å²) in [5, 5.41) is 6.30. The van der Waals surface area contributed by atoms with Crippen LogP contribution in [0.15, 0.2) is 42.5 Å². The van der Waals surface area contributed by atoms with Gasteiger partial charge in [0.1, 0.15) is 0 Å². The van der Waals surface area contributed by atoms with Gasteiger partial charge in [-0.2, -0.15) is 0 Å². The molecule has 2 amide bonds. The molecule has 0 aromatic heterocycles. The maximum Gasteiger partial charge on any atom is 0.323 e.